The van der Waals surface area contributed by atoms with Crippen LogP contribution in [0.1, 0.15) is 22.8 Å². The van der Waals surface area contributed by atoms with E-state index in [4.69, 9.17) is 4.74 Å². The van der Waals surface area contributed by atoms with E-state index in [0.29, 0.717) is 12.2 Å². The second-order valence-corrected chi connectivity index (χ2v) is 7.57. The van der Waals surface area contributed by atoms with Crippen molar-refractivity contribution in [1.29, 1.82) is 0 Å². The third-order valence-corrected chi connectivity index (χ3v) is 5.04. The molecule has 0 heterocycles. The van der Waals surface area contributed by atoms with Crippen molar-refractivity contribution in [2.75, 3.05) is 18.4 Å². The van der Waals surface area contributed by atoms with Crippen molar-refractivity contribution in [2.24, 2.45) is 0 Å². The number of amides is 1. The molecule has 2 N–H and O–H groups in total. The predicted molar refractivity (Wildman–Crippen MR) is 97.2 cm³/mol. The lowest BCUT2D eigenvalue weighted by Gasteiger charge is -2.15. The summed E-state index contributed by atoms with van der Waals surface area (Å²) in [5.74, 6) is -1.09. The van der Waals surface area contributed by atoms with Crippen molar-refractivity contribution in [3.8, 4) is 0 Å². The van der Waals surface area contributed by atoms with E-state index in [0.717, 1.165) is 6.07 Å². The molecule has 0 saturated carbocycles. The first-order chi connectivity index (χ1) is 12.2. The van der Waals surface area contributed by atoms with Crippen LogP contribution in [0.15, 0.2) is 47.4 Å². The number of hydrogen-bond donors (Lipinski definition) is 2. The Morgan fingerprint density at radius 2 is 1.92 bits per heavy atom. The summed E-state index contributed by atoms with van der Waals surface area (Å²) in [7, 11) is -2.52. The van der Waals surface area contributed by atoms with Crippen LogP contribution in [0.3, 0.4) is 0 Å². The first kappa shape index (κ1) is 19.9. The summed E-state index contributed by atoms with van der Waals surface area (Å²) in [6.45, 7) is 3.81. The van der Waals surface area contributed by atoms with Gasteiger partial charge in [-0.05, 0) is 43.7 Å². The maximum atomic E-state index is 13.7. The summed E-state index contributed by atoms with van der Waals surface area (Å²) in [6, 6.07) is 9.40. The van der Waals surface area contributed by atoms with E-state index >= 15 is 0 Å². The molecule has 8 heteroatoms. The smallest absolute Gasteiger partial charge is 0.262 e. The molecule has 0 aliphatic carbocycles. The molecule has 1 amide bonds. The molecule has 1 unspecified atom stereocenters. The Morgan fingerprint density at radius 3 is 2.58 bits per heavy atom. The fourth-order valence-corrected chi connectivity index (χ4v) is 3.45. The molecule has 0 aliphatic rings. The molecule has 0 fully saturated rings. The van der Waals surface area contributed by atoms with E-state index in [-0.39, 0.29) is 22.2 Å². The summed E-state index contributed by atoms with van der Waals surface area (Å²) in [4.78, 5) is 12.3. The van der Waals surface area contributed by atoms with Crippen LogP contribution in [-0.4, -0.2) is 34.1 Å². The van der Waals surface area contributed by atoms with Gasteiger partial charge in [0.2, 0.25) is 0 Å². The number of methoxy groups -OCH3 is 1. The van der Waals surface area contributed by atoms with Gasteiger partial charge in [0, 0.05) is 18.7 Å². The lowest BCUT2D eigenvalue weighted by molar-refractivity contribution is 0.0904. The van der Waals surface area contributed by atoms with Crippen molar-refractivity contribution in [2.45, 2.75) is 24.8 Å². The first-order valence-corrected chi connectivity index (χ1v) is 9.40. The Morgan fingerprint density at radius 1 is 1.23 bits per heavy atom. The summed E-state index contributed by atoms with van der Waals surface area (Å²) >= 11 is 0. The maximum absolute atomic E-state index is 13.7. The van der Waals surface area contributed by atoms with Crippen LogP contribution in [-0.2, 0) is 14.8 Å². The number of halogens is 1. The highest BCUT2D eigenvalue weighted by Crippen LogP contribution is 2.21. The quantitative estimate of drug-likeness (QED) is 0.774. The lowest BCUT2D eigenvalue weighted by atomic mass is 10.1. The number of ether oxygens (including phenoxy) is 1. The van der Waals surface area contributed by atoms with Crippen LogP contribution in [0, 0.1) is 12.7 Å². The third-order valence-electron chi connectivity index (χ3n) is 3.68. The molecule has 0 radical (unpaired) electrons. The zero-order valence-electron chi connectivity index (χ0n) is 14.7. The monoisotopic (exact) mass is 380 g/mol. The first-order valence-electron chi connectivity index (χ1n) is 7.92. The van der Waals surface area contributed by atoms with Gasteiger partial charge in [-0.25, -0.2) is 12.8 Å². The number of hydrogen-bond acceptors (Lipinski definition) is 4. The molecule has 26 heavy (non-hydrogen) atoms. The van der Waals surface area contributed by atoms with Gasteiger partial charge >= 0.3 is 0 Å². The summed E-state index contributed by atoms with van der Waals surface area (Å²) in [5, 5.41) is 2.74. The molecule has 0 spiro atoms. The Bertz CT molecular complexity index is 900. The van der Waals surface area contributed by atoms with Gasteiger partial charge in [0.1, 0.15) is 5.82 Å². The minimum atomic E-state index is -4.04. The number of benzene rings is 2. The average Bonchev–Trinajstić information content (AvgIpc) is 2.57. The highest BCUT2D eigenvalue weighted by atomic mass is 32.2. The molecule has 2 rings (SSSR count). The van der Waals surface area contributed by atoms with Crippen molar-refractivity contribution in [3.63, 3.8) is 0 Å². The number of carbonyl (C=O) groups excluding carboxylic acids is 1. The number of carbonyl (C=O) groups is 1. The number of aryl methyl sites for hydroxylation is 1. The zero-order valence-corrected chi connectivity index (χ0v) is 15.6. The number of rotatable bonds is 7. The van der Waals surface area contributed by atoms with Crippen LogP contribution in [0.2, 0.25) is 0 Å². The fraction of sp³-hybridized carbons (Fsp3) is 0.278. The molecule has 6 nitrogen and oxygen atoms in total. The fourth-order valence-electron chi connectivity index (χ4n) is 2.35. The predicted octanol–water partition coefficient (Wildman–Crippen LogP) is 2.70. The zero-order chi connectivity index (χ0) is 19.3. The minimum Gasteiger partial charge on any atom is -0.383 e. The summed E-state index contributed by atoms with van der Waals surface area (Å²) < 4.78 is 46.0. The second kappa shape index (κ2) is 8.29. The van der Waals surface area contributed by atoms with E-state index in [1.807, 2.05) is 0 Å². The normalized spacial score (nSPS) is 12.5. The van der Waals surface area contributed by atoms with Crippen molar-refractivity contribution >= 4 is 21.6 Å². The van der Waals surface area contributed by atoms with Crippen LogP contribution in [0.25, 0.3) is 0 Å². The van der Waals surface area contributed by atoms with Crippen LogP contribution < -0.4 is 10.0 Å². The van der Waals surface area contributed by atoms with Crippen molar-refractivity contribution in [3.05, 3.63) is 59.4 Å². The number of nitrogens with one attached hydrogen (secondary N) is 2. The summed E-state index contributed by atoms with van der Waals surface area (Å²) in [5.41, 5.74) is 0.689. The van der Waals surface area contributed by atoms with Crippen LogP contribution >= 0.6 is 0 Å². The molecule has 1 atom stereocenters. The highest BCUT2D eigenvalue weighted by molar-refractivity contribution is 7.92. The number of para-hydroxylation sites is 1. The highest BCUT2D eigenvalue weighted by Gasteiger charge is 2.20. The molecular weight excluding hydrogens is 359 g/mol. The van der Waals surface area contributed by atoms with Crippen LogP contribution in [0.4, 0.5) is 10.1 Å². The maximum Gasteiger partial charge on any atom is 0.262 e. The molecule has 0 saturated heterocycles. The van der Waals surface area contributed by atoms with E-state index < -0.39 is 21.7 Å². The topological polar surface area (TPSA) is 84.5 Å². The molecular formula is C18H21FN2O4S. The van der Waals surface area contributed by atoms with Gasteiger partial charge < -0.3 is 10.1 Å². The van der Waals surface area contributed by atoms with Gasteiger partial charge in [0.15, 0.2) is 0 Å². The molecule has 0 aromatic heterocycles. The Labute approximate surface area is 152 Å². The standard InChI is InChI=1S/C18H21FN2O4S/c1-12-8-9-14(10-15(12)18(22)20-13(2)11-25-3)26(23,24)21-17-7-5-4-6-16(17)19/h4-10,13,21H,11H2,1-3H3,(H,20,22). The minimum absolute atomic E-state index is 0.129. The Hall–Kier alpha value is -2.45. The average molecular weight is 380 g/mol. The third kappa shape index (κ3) is 4.80. The van der Waals surface area contributed by atoms with Crippen LogP contribution in [0.5, 0.6) is 0 Å². The molecule has 2 aromatic rings. The van der Waals surface area contributed by atoms with Gasteiger partial charge in [-0.1, -0.05) is 18.2 Å². The van der Waals surface area contributed by atoms with E-state index in [9.17, 15) is 17.6 Å². The molecule has 0 bridgehead atoms. The van der Waals surface area contributed by atoms with Gasteiger partial charge in [-0.2, -0.15) is 0 Å². The second-order valence-electron chi connectivity index (χ2n) is 5.89. The molecule has 0 aliphatic heterocycles. The lowest BCUT2D eigenvalue weighted by Crippen LogP contribution is -2.36. The van der Waals surface area contributed by atoms with Gasteiger partial charge in [-0.3, -0.25) is 9.52 Å². The van der Waals surface area contributed by atoms with Gasteiger partial charge in [0.25, 0.3) is 15.9 Å². The number of sulfonamides is 1. The van der Waals surface area contributed by atoms with Crippen molar-refractivity contribution < 1.29 is 22.3 Å². The van der Waals surface area contributed by atoms with E-state index in [1.54, 1.807) is 13.8 Å². The largest absolute Gasteiger partial charge is 0.383 e. The van der Waals surface area contributed by atoms with Gasteiger partial charge in [-0.15, -0.1) is 0 Å². The molecule has 2 aromatic carbocycles. The van der Waals surface area contributed by atoms with E-state index in [1.165, 1.54) is 43.5 Å². The SMILES string of the molecule is COCC(C)NC(=O)c1cc(S(=O)(=O)Nc2ccccc2F)ccc1C. The van der Waals surface area contributed by atoms with Gasteiger partial charge in [0.05, 0.1) is 17.2 Å². The Kier molecular flexibility index (Phi) is 6.33. The summed E-state index contributed by atoms with van der Waals surface area (Å²) in [6.07, 6.45) is 0. The Balaban J connectivity index is 2.30. The molecule has 140 valence electrons. The van der Waals surface area contributed by atoms with Crippen molar-refractivity contribution in [1.82, 2.24) is 5.32 Å². The van der Waals surface area contributed by atoms with E-state index in [2.05, 4.69) is 10.0 Å². The number of anilines is 1.